The van der Waals surface area contributed by atoms with Gasteiger partial charge < -0.3 is 13.8 Å². The molecule has 0 atom stereocenters. The van der Waals surface area contributed by atoms with Crippen molar-refractivity contribution in [3.8, 4) is 11.4 Å². The molecule has 0 amide bonds. The van der Waals surface area contributed by atoms with Crippen LogP contribution in [0.4, 0.5) is 0 Å². The Labute approximate surface area is 161 Å². The lowest BCUT2D eigenvalue weighted by Crippen LogP contribution is -2.05. The molecular weight excluding hydrogens is 374 g/mol. The van der Waals surface area contributed by atoms with Crippen LogP contribution in [-0.4, -0.2) is 38.6 Å². The third-order valence-corrected chi connectivity index (χ3v) is 5.00. The molecule has 0 aliphatic rings. The number of hydrogen-bond donors (Lipinski definition) is 0. The van der Waals surface area contributed by atoms with E-state index in [1.54, 1.807) is 7.11 Å². The number of ether oxygens (including phenoxy) is 1. The molecule has 3 rings (SSSR count). The van der Waals surface area contributed by atoms with Gasteiger partial charge in [-0.3, -0.25) is 0 Å². The monoisotopic (exact) mass is 393 g/mol. The molecule has 26 heavy (non-hydrogen) atoms. The summed E-state index contributed by atoms with van der Waals surface area (Å²) in [7, 11) is 1.69. The second kappa shape index (κ2) is 9.16. The molecule has 138 valence electrons. The summed E-state index contributed by atoms with van der Waals surface area (Å²) in [6.07, 6.45) is 1.57. The van der Waals surface area contributed by atoms with Crippen molar-refractivity contribution in [1.82, 2.24) is 24.9 Å². The molecule has 3 aromatic rings. The standard InChI is InChI=1S/C17H20ClN5O2S/c1-3-15-19-14(22-25-15)11-26-17-21-20-16(23(17)9-6-10-24-2)12-7-4-5-8-13(12)18/h4-5,7-8H,3,6,9-11H2,1-2H3. The maximum absolute atomic E-state index is 6.35. The van der Waals surface area contributed by atoms with Gasteiger partial charge in [0.2, 0.25) is 5.89 Å². The fraction of sp³-hybridized carbons (Fsp3) is 0.412. The van der Waals surface area contributed by atoms with Crippen molar-refractivity contribution in [3.63, 3.8) is 0 Å². The first kappa shape index (κ1) is 18.9. The normalized spacial score (nSPS) is 11.2. The van der Waals surface area contributed by atoms with Gasteiger partial charge in [-0.25, -0.2) is 0 Å². The average Bonchev–Trinajstić information content (AvgIpc) is 3.27. The van der Waals surface area contributed by atoms with E-state index in [4.69, 9.17) is 20.9 Å². The molecule has 0 radical (unpaired) electrons. The zero-order valence-corrected chi connectivity index (χ0v) is 16.3. The first-order valence-corrected chi connectivity index (χ1v) is 9.70. The molecule has 7 nitrogen and oxygen atoms in total. The van der Waals surface area contributed by atoms with E-state index in [0.29, 0.717) is 29.1 Å². The highest BCUT2D eigenvalue weighted by atomic mass is 35.5. The maximum atomic E-state index is 6.35. The highest BCUT2D eigenvalue weighted by Crippen LogP contribution is 2.30. The number of thioether (sulfide) groups is 1. The third kappa shape index (κ3) is 4.44. The predicted molar refractivity (Wildman–Crippen MR) is 100 cm³/mol. The summed E-state index contributed by atoms with van der Waals surface area (Å²) in [5, 5.41) is 14.1. The van der Waals surface area contributed by atoms with Gasteiger partial charge in [-0.15, -0.1) is 10.2 Å². The molecule has 2 aromatic heterocycles. The Hall–Kier alpha value is -1.90. The van der Waals surface area contributed by atoms with Crippen molar-refractivity contribution in [1.29, 1.82) is 0 Å². The summed E-state index contributed by atoms with van der Waals surface area (Å²) in [6, 6.07) is 7.63. The fourth-order valence-electron chi connectivity index (χ4n) is 2.43. The molecule has 2 heterocycles. The van der Waals surface area contributed by atoms with Crippen LogP contribution >= 0.6 is 23.4 Å². The van der Waals surface area contributed by atoms with E-state index in [-0.39, 0.29) is 0 Å². The quantitative estimate of drug-likeness (QED) is 0.403. The minimum atomic E-state index is 0.564. The van der Waals surface area contributed by atoms with Gasteiger partial charge in [0.15, 0.2) is 16.8 Å². The van der Waals surface area contributed by atoms with Gasteiger partial charge >= 0.3 is 0 Å². The Kier molecular flexibility index (Phi) is 6.65. The van der Waals surface area contributed by atoms with Gasteiger partial charge in [0.25, 0.3) is 0 Å². The lowest BCUT2D eigenvalue weighted by Gasteiger charge is -2.10. The predicted octanol–water partition coefficient (Wildman–Crippen LogP) is 3.87. The van der Waals surface area contributed by atoms with Crippen molar-refractivity contribution < 1.29 is 9.26 Å². The van der Waals surface area contributed by atoms with Gasteiger partial charge in [0.1, 0.15) is 0 Å². The SMILES string of the molecule is CCc1nc(CSc2nnc(-c3ccccc3Cl)n2CCCOC)no1. The van der Waals surface area contributed by atoms with Gasteiger partial charge in [0.05, 0.1) is 10.8 Å². The van der Waals surface area contributed by atoms with Crippen LogP contribution < -0.4 is 0 Å². The van der Waals surface area contributed by atoms with E-state index in [2.05, 4.69) is 24.9 Å². The van der Waals surface area contributed by atoms with Crippen LogP contribution in [0.1, 0.15) is 25.1 Å². The Bertz CT molecular complexity index is 851. The zero-order valence-electron chi connectivity index (χ0n) is 14.7. The van der Waals surface area contributed by atoms with Gasteiger partial charge in [0, 0.05) is 32.2 Å². The van der Waals surface area contributed by atoms with Crippen molar-refractivity contribution in [2.24, 2.45) is 0 Å². The van der Waals surface area contributed by atoms with Gasteiger partial charge in [-0.2, -0.15) is 4.98 Å². The van der Waals surface area contributed by atoms with E-state index in [9.17, 15) is 0 Å². The van der Waals surface area contributed by atoms with Crippen LogP contribution in [0.5, 0.6) is 0 Å². The number of aryl methyl sites for hydroxylation is 1. The Morgan fingerprint density at radius 1 is 1.27 bits per heavy atom. The summed E-state index contributed by atoms with van der Waals surface area (Å²) < 4.78 is 12.4. The van der Waals surface area contributed by atoms with Gasteiger partial charge in [-0.05, 0) is 18.6 Å². The number of halogens is 1. The number of benzene rings is 1. The number of methoxy groups -OCH3 is 1. The average molecular weight is 394 g/mol. The van der Waals surface area contributed by atoms with E-state index in [0.717, 1.165) is 35.9 Å². The van der Waals surface area contributed by atoms with E-state index in [1.165, 1.54) is 11.8 Å². The molecule has 1 aromatic carbocycles. The maximum Gasteiger partial charge on any atom is 0.226 e. The largest absolute Gasteiger partial charge is 0.385 e. The second-order valence-electron chi connectivity index (χ2n) is 5.53. The van der Waals surface area contributed by atoms with Gasteiger partial charge in [-0.1, -0.05) is 47.6 Å². The van der Waals surface area contributed by atoms with Crippen molar-refractivity contribution in [3.05, 3.63) is 41.0 Å². The summed E-state index contributed by atoms with van der Waals surface area (Å²) in [4.78, 5) is 4.33. The van der Waals surface area contributed by atoms with Crippen LogP contribution in [-0.2, 0) is 23.5 Å². The molecule has 0 spiro atoms. The second-order valence-corrected chi connectivity index (χ2v) is 6.88. The minimum Gasteiger partial charge on any atom is -0.385 e. The molecule has 0 bridgehead atoms. The summed E-state index contributed by atoms with van der Waals surface area (Å²) in [5.41, 5.74) is 0.860. The highest BCUT2D eigenvalue weighted by Gasteiger charge is 2.17. The van der Waals surface area contributed by atoms with Crippen LogP contribution in [0.3, 0.4) is 0 Å². The summed E-state index contributed by atoms with van der Waals surface area (Å²) >= 11 is 7.87. The smallest absolute Gasteiger partial charge is 0.226 e. The summed E-state index contributed by atoms with van der Waals surface area (Å²) in [6.45, 7) is 3.37. The molecule has 0 aliphatic heterocycles. The zero-order chi connectivity index (χ0) is 18.4. The Balaban J connectivity index is 1.83. The Morgan fingerprint density at radius 2 is 2.12 bits per heavy atom. The molecule has 0 fully saturated rings. The fourth-order valence-corrected chi connectivity index (χ4v) is 3.46. The third-order valence-electron chi connectivity index (χ3n) is 3.70. The highest BCUT2D eigenvalue weighted by molar-refractivity contribution is 7.98. The van der Waals surface area contributed by atoms with E-state index >= 15 is 0 Å². The number of rotatable bonds is 9. The topological polar surface area (TPSA) is 78.9 Å². The van der Waals surface area contributed by atoms with Crippen LogP contribution in [0.15, 0.2) is 33.9 Å². The van der Waals surface area contributed by atoms with E-state index < -0.39 is 0 Å². The molecule has 0 saturated carbocycles. The first-order chi connectivity index (χ1) is 12.7. The van der Waals surface area contributed by atoms with Crippen LogP contribution in [0.25, 0.3) is 11.4 Å². The number of hydrogen-bond acceptors (Lipinski definition) is 7. The lowest BCUT2D eigenvalue weighted by molar-refractivity contribution is 0.189. The van der Waals surface area contributed by atoms with Crippen molar-refractivity contribution in [2.75, 3.05) is 13.7 Å². The molecule has 0 aliphatic carbocycles. The molecule has 0 saturated heterocycles. The van der Waals surface area contributed by atoms with Crippen LogP contribution in [0.2, 0.25) is 5.02 Å². The van der Waals surface area contributed by atoms with Crippen molar-refractivity contribution in [2.45, 2.75) is 37.2 Å². The minimum absolute atomic E-state index is 0.564. The summed E-state index contributed by atoms with van der Waals surface area (Å²) in [5.74, 6) is 2.60. The lowest BCUT2D eigenvalue weighted by atomic mass is 10.2. The molecule has 0 N–H and O–H groups in total. The number of aromatic nitrogens is 5. The molecule has 9 heteroatoms. The molecule has 0 unspecified atom stereocenters. The Morgan fingerprint density at radius 3 is 2.85 bits per heavy atom. The molecular formula is C17H20ClN5O2S. The first-order valence-electron chi connectivity index (χ1n) is 8.34. The van der Waals surface area contributed by atoms with Crippen molar-refractivity contribution >= 4 is 23.4 Å². The number of nitrogens with zero attached hydrogens (tertiary/aromatic N) is 5. The van der Waals surface area contributed by atoms with Crippen LogP contribution in [0, 0.1) is 0 Å². The van der Waals surface area contributed by atoms with E-state index in [1.807, 2.05) is 31.2 Å².